The minimum absolute atomic E-state index is 0.00270. The lowest BCUT2D eigenvalue weighted by Gasteiger charge is -2.30. The normalized spacial score (nSPS) is 12.9. The van der Waals surface area contributed by atoms with Crippen molar-refractivity contribution in [2.24, 2.45) is 0 Å². The molecule has 2 amide bonds. The first-order valence-electron chi connectivity index (χ1n) is 11.8. The Morgan fingerprint density at radius 1 is 1.03 bits per heavy atom. The molecule has 35 heavy (non-hydrogen) atoms. The molecule has 1 N–H and O–H groups in total. The standard InChI is InChI=1S/C26H37N3O5S/c1-6-20(2)27-26(31)21(3)28(19-22-14-16-24(34-4)17-15-22)25(30)13-10-18-29(35(5,32)33)23-11-8-7-9-12-23/h7-9,11-12,14-17,20-21H,6,10,13,18-19H2,1-5H3,(H,27,31)/t20-,21+/m1/s1. The van der Waals surface area contributed by atoms with Gasteiger partial charge in [0, 0.05) is 25.6 Å². The van der Waals surface area contributed by atoms with Crippen molar-refractivity contribution in [2.75, 3.05) is 24.2 Å². The van der Waals surface area contributed by atoms with E-state index in [0.717, 1.165) is 18.2 Å². The van der Waals surface area contributed by atoms with Crippen LogP contribution in [0, 0.1) is 0 Å². The number of ether oxygens (including phenoxy) is 1. The Bertz CT molecular complexity index is 1060. The smallest absolute Gasteiger partial charge is 0.242 e. The summed E-state index contributed by atoms with van der Waals surface area (Å²) in [6.45, 7) is 6.04. The second-order valence-corrected chi connectivity index (χ2v) is 10.5. The number of carbonyl (C=O) groups is 2. The van der Waals surface area contributed by atoms with E-state index in [4.69, 9.17) is 4.74 Å². The number of para-hydroxylation sites is 1. The molecule has 2 atom stereocenters. The van der Waals surface area contributed by atoms with Crippen LogP contribution < -0.4 is 14.4 Å². The number of amides is 2. The van der Waals surface area contributed by atoms with Crippen molar-refractivity contribution in [3.63, 3.8) is 0 Å². The van der Waals surface area contributed by atoms with Gasteiger partial charge in [-0.05, 0) is 56.5 Å². The Labute approximate surface area is 209 Å². The van der Waals surface area contributed by atoms with Gasteiger partial charge in [0.25, 0.3) is 0 Å². The Kier molecular flexibility index (Phi) is 10.6. The number of rotatable bonds is 13. The minimum atomic E-state index is -3.51. The van der Waals surface area contributed by atoms with Crippen LogP contribution in [0.1, 0.15) is 45.6 Å². The van der Waals surface area contributed by atoms with Crippen molar-refractivity contribution < 1.29 is 22.7 Å². The quantitative estimate of drug-likeness (QED) is 0.451. The van der Waals surface area contributed by atoms with E-state index in [2.05, 4.69) is 5.32 Å². The van der Waals surface area contributed by atoms with Crippen molar-refractivity contribution in [3.05, 3.63) is 60.2 Å². The molecule has 0 aliphatic rings. The van der Waals surface area contributed by atoms with Crippen LogP contribution in [0.15, 0.2) is 54.6 Å². The zero-order chi connectivity index (χ0) is 26.0. The molecule has 2 aromatic rings. The van der Waals surface area contributed by atoms with E-state index in [-0.39, 0.29) is 37.4 Å². The molecule has 0 heterocycles. The maximum Gasteiger partial charge on any atom is 0.242 e. The summed E-state index contributed by atoms with van der Waals surface area (Å²) in [5, 5.41) is 2.94. The van der Waals surface area contributed by atoms with Crippen LogP contribution in [0.5, 0.6) is 5.75 Å². The number of nitrogens with one attached hydrogen (secondary N) is 1. The molecule has 0 aliphatic heterocycles. The van der Waals surface area contributed by atoms with E-state index >= 15 is 0 Å². The molecule has 0 radical (unpaired) electrons. The molecule has 0 aromatic heterocycles. The second-order valence-electron chi connectivity index (χ2n) is 8.64. The summed E-state index contributed by atoms with van der Waals surface area (Å²) in [4.78, 5) is 27.7. The Morgan fingerprint density at radius 2 is 1.66 bits per heavy atom. The first-order valence-corrected chi connectivity index (χ1v) is 13.7. The van der Waals surface area contributed by atoms with E-state index in [1.54, 1.807) is 43.2 Å². The molecular weight excluding hydrogens is 466 g/mol. The number of sulfonamides is 1. The van der Waals surface area contributed by atoms with Gasteiger partial charge in [0.15, 0.2) is 0 Å². The predicted molar refractivity (Wildman–Crippen MR) is 139 cm³/mol. The maximum absolute atomic E-state index is 13.3. The molecule has 0 saturated carbocycles. The lowest BCUT2D eigenvalue weighted by molar-refractivity contribution is -0.140. The highest BCUT2D eigenvalue weighted by atomic mass is 32.2. The SMILES string of the molecule is CC[C@@H](C)NC(=O)[C@H](C)N(Cc1ccc(OC)cc1)C(=O)CCCN(c1ccccc1)S(C)(=O)=O. The van der Waals surface area contributed by atoms with Gasteiger partial charge in [0.2, 0.25) is 21.8 Å². The van der Waals surface area contributed by atoms with Crippen LogP contribution in [0.2, 0.25) is 0 Å². The molecule has 8 nitrogen and oxygen atoms in total. The first kappa shape index (κ1) is 28.2. The van der Waals surface area contributed by atoms with Crippen molar-refractivity contribution >= 4 is 27.5 Å². The lowest BCUT2D eigenvalue weighted by atomic mass is 10.1. The van der Waals surface area contributed by atoms with Crippen molar-refractivity contribution in [3.8, 4) is 5.75 Å². The Morgan fingerprint density at radius 3 is 2.20 bits per heavy atom. The van der Waals surface area contributed by atoms with Gasteiger partial charge in [0.1, 0.15) is 11.8 Å². The van der Waals surface area contributed by atoms with Gasteiger partial charge in [0.05, 0.1) is 19.1 Å². The number of benzene rings is 2. The van der Waals surface area contributed by atoms with Crippen molar-refractivity contribution in [1.29, 1.82) is 0 Å². The summed E-state index contributed by atoms with van der Waals surface area (Å²) in [6, 6.07) is 15.5. The zero-order valence-electron chi connectivity index (χ0n) is 21.2. The minimum Gasteiger partial charge on any atom is -0.497 e. The van der Waals surface area contributed by atoms with Gasteiger partial charge < -0.3 is 15.0 Å². The van der Waals surface area contributed by atoms with Gasteiger partial charge in [-0.15, -0.1) is 0 Å². The van der Waals surface area contributed by atoms with Crippen LogP contribution in [-0.4, -0.2) is 57.1 Å². The third-order valence-electron chi connectivity index (χ3n) is 5.88. The summed E-state index contributed by atoms with van der Waals surface area (Å²) in [5.41, 5.74) is 1.42. The second kappa shape index (κ2) is 13.1. The zero-order valence-corrected chi connectivity index (χ0v) is 22.0. The van der Waals surface area contributed by atoms with E-state index in [9.17, 15) is 18.0 Å². The summed E-state index contributed by atoms with van der Waals surface area (Å²) in [5.74, 6) is 0.272. The van der Waals surface area contributed by atoms with E-state index in [1.807, 2.05) is 44.2 Å². The fourth-order valence-corrected chi connectivity index (χ4v) is 4.54. The molecule has 192 valence electrons. The topological polar surface area (TPSA) is 96.0 Å². The van der Waals surface area contributed by atoms with Gasteiger partial charge in [-0.25, -0.2) is 8.42 Å². The van der Waals surface area contributed by atoms with Gasteiger partial charge in [-0.1, -0.05) is 37.3 Å². The molecule has 0 saturated heterocycles. The molecule has 0 unspecified atom stereocenters. The molecule has 0 bridgehead atoms. The number of methoxy groups -OCH3 is 1. The van der Waals surface area contributed by atoms with Crippen LogP contribution in [-0.2, 0) is 26.2 Å². The molecule has 0 fully saturated rings. The van der Waals surface area contributed by atoms with E-state index < -0.39 is 16.1 Å². The molecule has 9 heteroatoms. The van der Waals surface area contributed by atoms with Gasteiger partial charge in [-0.3, -0.25) is 13.9 Å². The third kappa shape index (κ3) is 8.58. The fraction of sp³-hybridized carbons (Fsp3) is 0.462. The highest BCUT2D eigenvalue weighted by Crippen LogP contribution is 2.19. The predicted octanol–water partition coefficient (Wildman–Crippen LogP) is 3.57. The highest BCUT2D eigenvalue weighted by molar-refractivity contribution is 7.92. The van der Waals surface area contributed by atoms with Gasteiger partial charge in [-0.2, -0.15) is 0 Å². The number of carbonyl (C=O) groups excluding carboxylic acids is 2. The number of hydrogen-bond donors (Lipinski definition) is 1. The van der Waals surface area contributed by atoms with Crippen molar-refractivity contribution in [2.45, 2.75) is 58.7 Å². The molecule has 0 aliphatic carbocycles. The molecular formula is C26H37N3O5S. The average Bonchev–Trinajstić information content (AvgIpc) is 2.84. The Balaban J connectivity index is 2.16. The van der Waals surface area contributed by atoms with E-state index in [1.165, 1.54) is 4.31 Å². The monoisotopic (exact) mass is 503 g/mol. The van der Waals surface area contributed by atoms with Gasteiger partial charge >= 0.3 is 0 Å². The molecule has 2 aromatic carbocycles. The van der Waals surface area contributed by atoms with Crippen LogP contribution in [0.4, 0.5) is 5.69 Å². The maximum atomic E-state index is 13.3. The summed E-state index contributed by atoms with van der Waals surface area (Å²) in [6.07, 6.45) is 2.36. The summed E-state index contributed by atoms with van der Waals surface area (Å²) < 4.78 is 31.2. The molecule has 2 rings (SSSR count). The molecule has 0 spiro atoms. The largest absolute Gasteiger partial charge is 0.497 e. The lowest BCUT2D eigenvalue weighted by Crippen LogP contribution is -2.49. The number of nitrogens with zero attached hydrogens (tertiary/aromatic N) is 2. The van der Waals surface area contributed by atoms with E-state index in [0.29, 0.717) is 17.9 Å². The summed E-state index contributed by atoms with van der Waals surface area (Å²) in [7, 11) is -1.92. The number of hydrogen-bond acceptors (Lipinski definition) is 5. The number of anilines is 1. The summed E-state index contributed by atoms with van der Waals surface area (Å²) >= 11 is 0. The van der Waals surface area contributed by atoms with Crippen molar-refractivity contribution in [1.82, 2.24) is 10.2 Å². The highest BCUT2D eigenvalue weighted by Gasteiger charge is 2.27. The third-order valence-corrected chi connectivity index (χ3v) is 7.07. The fourth-order valence-electron chi connectivity index (χ4n) is 3.57. The first-order chi connectivity index (χ1) is 16.6. The van der Waals surface area contributed by atoms with Crippen LogP contribution in [0.25, 0.3) is 0 Å². The Hall–Kier alpha value is -3.07. The van der Waals surface area contributed by atoms with Crippen LogP contribution in [0.3, 0.4) is 0 Å². The average molecular weight is 504 g/mol. The van der Waals surface area contributed by atoms with Crippen LogP contribution >= 0.6 is 0 Å².